The van der Waals surface area contributed by atoms with Crippen LogP contribution in [-0.2, 0) is 9.54 Å². The lowest BCUT2D eigenvalue weighted by Crippen LogP contribution is -2.41. The van der Waals surface area contributed by atoms with E-state index < -0.39 is 16.8 Å². The summed E-state index contributed by atoms with van der Waals surface area (Å²) in [4.78, 5) is 12.0. The van der Waals surface area contributed by atoms with Gasteiger partial charge < -0.3 is 10.4 Å². The molecule has 0 unspecified atom stereocenters. The Bertz CT molecular complexity index is 819. The van der Waals surface area contributed by atoms with Crippen LogP contribution in [0.5, 0.6) is 0 Å². The lowest BCUT2D eigenvalue weighted by atomic mass is 9.84. The van der Waals surface area contributed by atoms with E-state index in [1.54, 1.807) is 11.8 Å². The minimum absolute atomic E-state index is 0.458. The Morgan fingerprint density at radius 1 is 0.839 bits per heavy atom. The molecule has 0 fully saturated rings. The number of carboxylic acid groups (broad SMARTS) is 1. The number of carboxylic acids is 1. The maximum absolute atomic E-state index is 12.0. The van der Waals surface area contributed by atoms with Crippen molar-refractivity contribution in [1.82, 2.24) is 5.32 Å². The van der Waals surface area contributed by atoms with Gasteiger partial charge in [0.2, 0.25) is 0 Å². The van der Waals surface area contributed by atoms with E-state index in [-0.39, 0.29) is 0 Å². The number of rotatable bonds is 12. The van der Waals surface area contributed by atoms with Crippen molar-refractivity contribution in [3.8, 4) is 0 Å². The maximum Gasteiger partial charge on any atom is 0.321 e. The predicted octanol–water partition coefficient (Wildman–Crippen LogP) is 5.94. The van der Waals surface area contributed by atoms with Gasteiger partial charge in [-0.2, -0.15) is 0 Å². The molecule has 0 aromatic heterocycles. The highest BCUT2D eigenvalue weighted by molar-refractivity contribution is 8.00. The van der Waals surface area contributed by atoms with Gasteiger partial charge in [0, 0.05) is 5.75 Å². The fourth-order valence-electron chi connectivity index (χ4n) is 3.85. The van der Waals surface area contributed by atoms with Crippen LogP contribution < -0.4 is 5.32 Å². The second-order valence-corrected chi connectivity index (χ2v) is 8.88. The van der Waals surface area contributed by atoms with E-state index in [0.29, 0.717) is 5.75 Å². The van der Waals surface area contributed by atoms with Crippen LogP contribution in [0.3, 0.4) is 0 Å². The average molecular weight is 434 g/mol. The lowest BCUT2D eigenvalue weighted by Gasteiger charge is -2.36. The number of carbonyl (C=O) groups is 1. The van der Waals surface area contributed by atoms with Crippen LogP contribution in [-0.4, -0.2) is 29.4 Å². The van der Waals surface area contributed by atoms with Crippen LogP contribution in [0.15, 0.2) is 91.0 Å². The largest absolute Gasteiger partial charge is 0.480 e. The third-order valence-corrected chi connectivity index (χ3v) is 7.12. The molecule has 4 heteroatoms. The Hall–Kier alpha value is -2.56. The van der Waals surface area contributed by atoms with Gasteiger partial charge in [-0.05, 0) is 29.7 Å². The maximum atomic E-state index is 12.0. The van der Waals surface area contributed by atoms with E-state index in [0.717, 1.165) is 42.5 Å². The zero-order valence-corrected chi connectivity index (χ0v) is 18.9. The molecule has 0 aliphatic heterocycles. The van der Waals surface area contributed by atoms with Crippen molar-refractivity contribution >= 4 is 17.7 Å². The van der Waals surface area contributed by atoms with Gasteiger partial charge in [-0.1, -0.05) is 111 Å². The molecule has 0 amide bonds. The molecule has 0 spiro atoms. The smallest absolute Gasteiger partial charge is 0.321 e. The van der Waals surface area contributed by atoms with Crippen molar-refractivity contribution in [3.63, 3.8) is 0 Å². The molecule has 2 N–H and O–H groups in total. The Morgan fingerprint density at radius 3 is 1.68 bits per heavy atom. The molecular weight excluding hydrogens is 402 g/mol. The predicted molar refractivity (Wildman–Crippen MR) is 131 cm³/mol. The van der Waals surface area contributed by atoms with E-state index in [4.69, 9.17) is 0 Å². The number of hydrogen-bond donors (Lipinski definition) is 2. The molecule has 0 aliphatic carbocycles. The van der Waals surface area contributed by atoms with Crippen LogP contribution in [0.2, 0.25) is 0 Å². The van der Waals surface area contributed by atoms with Gasteiger partial charge >= 0.3 is 5.97 Å². The normalized spacial score (nSPS) is 12.4. The van der Waals surface area contributed by atoms with Gasteiger partial charge in [0.05, 0.1) is 4.75 Å². The van der Waals surface area contributed by atoms with Gasteiger partial charge in [-0.3, -0.25) is 4.79 Å². The second-order valence-electron chi connectivity index (χ2n) is 7.64. The van der Waals surface area contributed by atoms with Crippen LogP contribution in [0.1, 0.15) is 42.9 Å². The van der Waals surface area contributed by atoms with Gasteiger partial charge in [0.1, 0.15) is 6.04 Å². The van der Waals surface area contributed by atoms with Crippen molar-refractivity contribution in [3.05, 3.63) is 108 Å². The number of unbranched alkanes of at least 4 members (excludes halogenated alkanes) is 2. The Morgan fingerprint density at radius 2 is 1.29 bits per heavy atom. The summed E-state index contributed by atoms with van der Waals surface area (Å²) < 4.78 is -0.497. The highest BCUT2D eigenvalue weighted by Crippen LogP contribution is 2.48. The number of benzene rings is 3. The molecule has 0 heterocycles. The summed E-state index contributed by atoms with van der Waals surface area (Å²) in [7, 11) is 0. The van der Waals surface area contributed by atoms with E-state index in [1.807, 2.05) is 54.6 Å². The van der Waals surface area contributed by atoms with Crippen molar-refractivity contribution in [2.75, 3.05) is 12.3 Å². The summed E-state index contributed by atoms with van der Waals surface area (Å²) in [6.07, 6.45) is 3.22. The van der Waals surface area contributed by atoms with Crippen LogP contribution in [0, 0.1) is 0 Å². The minimum atomic E-state index is -0.799. The first-order chi connectivity index (χ1) is 15.2. The number of aliphatic carboxylic acids is 1. The molecule has 31 heavy (non-hydrogen) atoms. The molecule has 3 rings (SSSR count). The number of thioether (sulfide) groups is 1. The first kappa shape index (κ1) is 23.1. The minimum Gasteiger partial charge on any atom is -0.480 e. The zero-order chi connectivity index (χ0) is 21.9. The monoisotopic (exact) mass is 433 g/mol. The van der Waals surface area contributed by atoms with E-state index in [2.05, 4.69) is 48.6 Å². The highest BCUT2D eigenvalue weighted by Gasteiger charge is 2.38. The number of nitrogens with one attached hydrogen (secondary N) is 1. The average Bonchev–Trinajstić information content (AvgIpc) is 2.82. The van der Waals surface area contributed by atoms with Gasteiger partial charge in [-0.25, -0.2) is 0 Å². The molecule has 1 atom stereocenters. The molecule has 0 aliphatic rings. The van der Waals surface area contributed by atoms with Crippen molar-refractivity contribution in [2.24, 2.45) is 0 Å². The highest BCUT2D eigenvalue weighted by atomic mass is 32.2. The van der Waals surface area contributed by atoms with Crippen LogP contribution in [0.25, 0.3) is 0 Å². The molecule has 3 nitrogen and oxygen atoms in total. The second kappa shape index (κ2) is 11.7. The van der Waals surface area contributed by atoms with Crippen molar-refractivity contribution in [2.45, 2.75) is 37.0 Å². The quantitative estimate of drug-likeness (QED) is 0.274. The van der Waals surface area contributed by atoms with Crippen LogP contribution >= 0.6 is 11.8 Å². The third-order valence-electron chi connectivity index (χ3n) is 5.48. The third kappa shape index (κ3) is 5.78. The topological polar surface area (TPSA) is 49.3 Å². The summed E-state index contributed by atoms with van der Waals surface area (Å²) in [6.45, 7) is 2.87. The molecule has 3 aromatic carbocycles. The van der Waals surface area contributed by atoms with Gasteiger partial charge in [0.15, 0.2) is 0 Å². The lowest BCUT2D eigenvalue weighted by molar-refractivity contribution is -0.138. The fraction of sp³-hybridized carbons (Fsp3) is 0.296. The number of hydrogen-bond acceptors (Lipinski definition) is 3. The summed E-state index contributed by atoms with van der Waals surface area (Å²) in [5, 5.41) is 13.1. The van der Waals surface area contributed by atoms with E-state index in [1.165, 1.54) is 0 Å². The molecule has 3 aromatic rings. The molecule has 0 saturated heterocycles. The Balaban J connectivity index is 2.00. The molecule has 0 bridgehead atoms. The Labute approximate surface area is 189 Å². The summed E-state index contributed by atoms with van der Waals surface area (Å²) in [5.41, 5.74) is 3.44. The molecule has 0 saturated carbocycles. The van der Waals surface area contributed by atoms with Crippen molar-refractivity contribution < 1.29 is 9.90 Å². The van der Waals surface area contributed by atoms with E-state index in [9.17, 15) is 9.90 Å². The fourth-order valence-corrected chi connectivity index (χ4v) is 5.43. The van der Waals surface area contributed by atoms with Gasteiger partial charge in [0.25, 0.3) is 0 Å². The standard InChI is InChI=1S/C27H31NO2S/c1-2-3-13-20-28-25(26(29)30)21-31-27(22-14-7-4-8-15-22,23-16-9-5-10-17-23)24-18-11-6-12-19-24/h4-12,14-19,25,28H,2-3,13,20-21H2,1H3,(H,29,30)/t25-/m0/s1. The SMILES string of the molecule is CCCCCN[C@@H](CSC(c1ccccc1)(c1ccccc1)c1ccccc1)C(=O)O. The van der Waals surface area contributed by atoms with Crippen molar-refractivity contribution in [1.29, 1.82) is 0 Å². The van der Waals surface area contributed by atoms with Crippen LogP contribution in [0.4, 0.5) is 0 Å². The molecular formula is C27H31NO2S. The summed E-state index contributed by atoms with van der Waals surface area (Å²) >= 11 is 1.69. The summed E-state index contributed by atoms with van der Waals surface area (Å²) in [5.74, 6) is -0.341. The first-order valence-electron chi connectivity index (χ1n) is 10.9. The zero-order valence-electron chi connectivity index (χ0n) is 18.0. The van der Waals surface area contributed by atoms with E-state index >= 15 is 0 Å². The summed E-state index contributed by atoms with van der Waals surface area (Å²) in [6, 6.07) is 30.6. The molecule has 162 valence electrons. The molecule has 0 radical (unpaired) electrons. The first-order valence-corrected chi connectivity index (χ1v) is 11.9. The van der Waals surface area contributed by atoms with Gasteiger partial charge in [-0.15, -0.1) is 11.8 Å². The Kier molecular flexibility index (Phi) is 8.74.